The van der Waals surface area contributed by atoms with Crippen LogP contribution in [-0.4, -0.2) is 56.5 Å². The van der Waals surface area contributed by atoms with E-state index in [4.69, 9.17) is 15.2 Å². The number of likely N-dealkylation sites (tertiary alicyclic amines) is 1. The normalized spacial score (nSPS) is 27.6. The molecule has 0 aromatic carbocycles. The van der Waals surface area contributed by atoms with Gasteiger partial charge in [0.05, 0.1) is 12.2 Å². The van der Waals surface area contributed by atoms with Crippen molar-refractivity contribution in [2.45, 2.75) is 63.7 Å². The fourth-order valence-corrected chi connectivity index (χ4v) is 2.96. The lowest BCUT2D eigenvalue weighted by Crippen LogP contribution is -2.51. The summed E-state index contributed by atoms with van der Waals surface area (Å²) in [7, 11) is 3.53. The lowest BCUT2D eigenvalue weighted by atomic mass is 9.92. The molecule has 4 nitrogen and oxygen atoms in total. The summed E-state index contributed by atoms with van der Waals surface area (Å²) in [4.78, 5) is 2.46. The van der Waals surface area contributed by atoms with Gasteiger partial charge in [-0.3, -0.25) is 4.90 Å². The molecule has 0 saturated carbocycles. The molecule has 114 valence electrons. The number of hydrogen-bond acceptors (Lipinski definition) is 4. The largest absolute Gasteiger partial charge is 0.377 e. The van der Waals surface area contributed by atoms with Gasteiger partial charge in [0.2, 0.25) is 0 Å². The number of unbranched alkanes of at least 4 members (excludes halogenated alkanes) is 3. The topological polar surface area (TPSA) is 47.7 Å². The fraction of sp³-hybridized carbons (Fsp3) is 1.00. The first-order valence-electron chi connectivity index (χ1n) is 7.62. The van der Waals surface area contributed by atoms with Crippen molar-refractivity contribution in [3.8, 4) is 0 Å². The molecule has 0 aromatic rings. The van der Waals surface area contributed by atoms with Crippen LogP contribution in [0.15, 0.2) is 0 Å². The lowest BCUT2D eigenvalue weighted by molar-refractivity contribution is -0.00461. The van der Waals surface area contributed by atoms with E-state index in [2.05, 4.69) is 18.7 Å². The quantitative estimate of drug-likeness (QED) is 0.652. The van der Waals surface area contributed by atoms with E-state index in [1.807, 2.05) is 0 Å². The number of ether oxygens (including phenoxy) is 2. The van der Waals surface area contributed by atoms with Crippen LogP contribution in [-0.2, 0) is 9.47 Å². The van der Waals surface area contributed by atoms with Crippen molar-refractivity contribution in [2.24, 2.45) is 5.73 Å². The molecule has 1 fully saturated rings. The Labute approximate surface area is 118 Å². The summed E-state index contributed by atoms with van der Waals surface area (Å²) in [6.07, 6.45) is 6.67. The average Bonchev–Trinajstić information content (AvgIpc) is 2.87. The fourth-order valence-electron chi connectivity index (χ4n) is 2.96. The predicted molar refractivity (Wildman–Crippen MR) is 79.4 cm³/mol. The van der Waals surface area contributed by atoms with Gasteiger partial charge in [0.1, 0.15) is 0 Å². The maximum absolute atomic E-state index is 6.05. The number of hydrogen-bond donors (Lipinski definition) is 1. The molecule has 4 heteroatoms. The van der Waals surface area contributed by atoms with Crippen LogP contribution in [0.4, 0.5) is 0 Å². The van der Waals surface area contributed by atoms with Crippen LogP contribution in [0.1, 0.15) is 46.0 Å². The van der Waals surface area contributed by atoms with Crippen LogP contribution in [0.5, 0.6) is 0 Å². The highest BCUT2D eigenvalue weighted by Gasteiger charge is 2.41. The highest BCUT2D eigenvalue weighted by molar-refractivity contribution is 4.96. The van der Waals surface area contributed by atoms with E-state index in [-0.39, 0.29) is 17.7 Å². The van der Waals surface area contributed by atoms with Crippen molar-refractivity contribution in [1.29, 1.82) is 0 Å². The van der Waals surface area contributed by atoms with E-state index in [0.717, 1.165) is 19.5 Å². The van der Waals surface area contributed by atoms with Crippen LogP contribution in [0.2, 0.25) is 0 Å². The molecule has 1 aliphatic rings. The first-order chi connectivity index (χ1) is 9.11. The third kappa shape index (κ3) is 4.42. The predicted octanol–water partition coefficient (Wildman–Crippen LogP) is 2.02. The van der Waals surface area contributed by atoms with Crippen molar-refractivity contribution in [3.05, 3.63) is 0 Å². The molecule has 0 amide bonds. The van der Waals surface area contributed by atoms with E-state index in [1.165, 1.54) is 25.7 Å². The summed E-state index contributed by atoms with van der Waals surface area (Å²) in [5, 5.41) is 0. The second kappa shape index (κ2) is 8.20. The van der Waals surface area contributed by atoms with E-state index < -0.39 is 0 Å². The van der Waals surface area contributed by atoms with E-state index in [1.54, 1.807) is 14.2 Å². The molecule has 19 heavy (non-hydrogen) atoms. The Morgan fingerprint density at radius 2 is 1.68 bits per heavy atom. The van der Waals surface area contributed by atoms with Gasteiger partial charge in [-0.15, -0.1) is 0 Å². The maximum atomic E-state index is 6.05. The average molecular weight is 272 g/mol. The molecule has 0 radical (unpaired) electrons. The van der Waals surface area contributed by atoms with Gasteiger partial charge in [-0.1, -0.05) is 32.6 Å². The van der Waals surface area contributed by atoms with E-state index >= 15 is 0 Å². The summed E-state index contributed by atoms with van der Waals surface area (Å²) in [6, 6.07) is 0. The van der Waals surface area contributed by atoms with Crippen molar-refractivity contribution in [3.63, 3.8) is 0 Å². The second-order valence-electron chi connectivity index (χ2n) is 5.97. The van der Waals surface area contributed by atoms with Crippen LogP contribution >= 0.6 is 0 Å². The number of nitrogens with two attached hydrogens (primary N) is 1. The van der Waals surface area contributed by atoms with Crippen molar-refractivity contribution in [2.75, 3.05) is 33.9 Å². The second-order valence-corrected chi connectivity index (χ2v) is 5.97. The highest BCUT2D eigenvalue weighted by Crippen LogP contribution is 2.28. The Morgan fingerprint density at radius 1 is 1.11 bits per heavy atom. The molecule has 3 atom stereocenters. The Bertz CT molecular complexity index is 238. The third-order valence-corrected chi connectivity index (χ3v) is 4.59. The molecule has 0 aliphatic carbocycles. The SMILES string of the molecule is CCCCCCC(C)(CN)N1CC(OC)C(OC)C1. The molecule has 0 aromatic heterocycles. The first kappa shape index (κ1) is 16.9. The molecule has 0 bridgehead atoms. The summed E-state index contributed by atoms with van der Waals surface area (Å²) in [5.74, 6) is 0. The van der Waals surface area contributed by atoms with Gasteiger partial charge in [0.25, 0.3) is 0 Å². The lowest BCUT2D eigenvalue weighted by Gasteiger charge is -2.38. The minimum Gasteiger partial charge on any atom is -0.377 e. The molecular formula is C15H32N2O2. The Balaban J connectivity index is 2.53. The zero-order chi connectivity index (χ0) is 14.3. The minimum absolute atomic E-state index is 0.0812. The Hall–Kier alpha value is -0.160. The zero-order valence-corrected chi connectivity index (χ0v) is 13.2. The van der Waals surface area contributed by atoms with E-state index in [0.29, 0.717) is 6.54 Å². The molecule has 1 heterocycles. The standard InChI is InChI=1S/C15H32N2O2/c1-5-6-7-8-9-15(2,12-16)17-10-13(18-3)14(11-17)19-4/h13-14H,5-12,16H2,1-4H3. The van der Waals surface area contributed by atoms with Crippen LogP contribution in [0.25, 0.3) is 0 Å². The Morgan fingerprint density at radius 3 is 2.11 bits per heavy atom. The molecule has 3 unspecified atom stereocenters. The summed E-state index contributed by atoms with van der Waals surface area (Å²) >= 11 is 0. The Kier molecular flexibility index (Phi) is 7.29. The van der Waals surface area contributed by atoms with Crippen molar-refractivity contribution >= 4 is 0 Å². The summed E-state index contributed by atoms with van der Waals surface area (Å²) in [6.45, 7) is 7.08. The zero-order valence-electron chi connectivity index (χ0n) is 13.2. The van der Waals surface area contributed by atoms with Gasteiger partial charge >= 0.3 is 0 Å². The summed E-state index contributed by atoms with van der Waals surface area (Å²) in [5.41, 5.74) is 6.13. The highest BCUT2D eigenvalue weighted by atomic mass is 16.5. The molecule has 1 rings (SSSR count). The number of nitrogens with zero attached hydrogens (tertiary/aromatic N) is 1. The van der Waals surface area contributed by atoms with Gasteiger partial charge in [-0.25, -0.2) is 0 Å². The van der Waals surface area contributed by atoms with Gasteiger partial charge in [-0.2, -0.15) is 0 Å². The first-order valence-corrected chi connectivity index (χ1v) is 7.62. The van der Waals surface area contributed by atoms with Crippen LogP contribution in [0, 0.1) is 0 Å². The maximum Gasteiger partial charge on any atom is 0.0972 e. The summed E-state index contributed by atoms with van der Waals surface area (Å²) < 4.78 is 11.0. The molecule has 2 N–H and O–H groups in total. The monoisotopic (exact) mass is 272 g/mol. The molecule has 0 spiro atoms. The van der Waals surface area contributed by atoms with Gasteiger partial charge < -0.3 is 15.2 Å². The van der Waals surface area contributed by atoms with E-state index in [9.17, 15) is 0 Å². The number of methoxy groups -OCH3 is 2. The molecule has 1 saturated heterocycles. The van der Waals surface area contributed by atoms with Gasteiger partial charge in [-0.05, 0) is 13.3 Å². The number of rotatable bonds is 9. The third-order valence-electron chi connectivity index (χ3n) is 4.59. The van der Waals surface area contributed by atoms with Crippen molar-refractivity contribution in [1.82, 2.24) is 4.90 Å². The molecular weight excluding hydrogens is 240 g/mol. The minimum atomic E-state index is 0.0812. The van der Waals surface area contributed by atoms with Gasteiger partial charge in [0.15, 0.2) is 0 Å². The van der Waals surface area contributed by atoms with Crippen LogP contribution < -0.4 is 5.73 Å². The molecule has 1 aliphatic heterocycles. The van der Waals surface area contributed by atoms with Gasteiger partial charge in [0, 0.05) is 39.4 Å². The van der Waals surface area contributed by atoms with Crippen molar-refractivity contribution < 1.29 is 9.47 Å². The smallest absolute Gasteiger partial charge is 0.0972 e. The van der Waals surface area contributed by atoms with Crippen LogP contribution in [0.3, 0.4) is 0 Å².